The highest BCUT2D eigenvalue weighted by molar-refractivity contribution is 5.88. The molecule has 0 atom stereocenters. The molecular weight excluding hydrogens is 212 g/mol. The van der Waals surface area contributed by atoms with Crippen LogP contribution in [0, 0.1) is 0 Å². The average molecular weight is 222 g/mol. The van der Waals surface area contributed by atoms with Gasteiger partial charge in [-0.2, -0.15) is 0 Å². The number of hydrogen-bond donors (Lipinski definition) is 0. The van der Waals surface area contributed by atoms with Crippen molar-refractivity contribution in [2.75, 3.05) is 0 Å². The number of rotatable bonds is 2. The Hall–Kier alpha value is -2.22. The Morgan fingerprint density at radius 1 is 0.941 bits per heavy atom. The quantitative estimate of drug-likeness (QED) is 0.625. The van der Waals surface area contributed by atoms with Crippen molar-refractivity contribution in [1.29, 1.82) is 0 Å². The van der Waals surface area contributed by atoms with Crippen LogP contribution in [0.4, 0.5) is 0 Å². The maximum atomic E-state index is 11.0. The molecule has 0 aliphatic heterocycles. The van der Waals surface area contributed by atoms with Gasteiger partial charge in [0.1, 0.15) is 12.6 Å². The second-order valence-electron chi connectivity index (χ2n) is 4.20. The van der Waals surface area contributed by atoms with E-state index in [4.69, 9.17) is 0 Å². The lowest BCUT2D eigenvalue weighted by Crippen LogP contribution is -1.89. The van der Waals surface area contributed by atoms with E-state index in [1.165, 1.54) is 0 Å². The molecule has 0 heterocycles. The molecule has 0 aromatic heterocycles. The summed E-state index contributed by atoms with van der Waals surface area (Å²) < 4.78 is 0. The van der Waals surface area contributed by atoms with Gasteiger partial charge in [0.05, 0.1) is 0 Å². The summed E-state index contributed by atoms with van der Waals surface area (Å²) in [6.45, 7) is 0. The summed E-state index contributed by atoms with van der Waals surface area (Å²) in [4.78, 5) is 21.7. The Bertz CT molecular complexity index is 627. The molecule has 0 radical (unpaired) electrons. The summed E-state index contributed by atoms with van der Waals surface area (Å²) in [6, 6.07) is 11.4. The Morgan fingerprint density at radius 2 is 1.82 bits per heavy atom. The molecule has 2 aromatic rings. The summed E-state index contributed by atoms with van der Waals surface area (Å²) in [7, 11) is 0. The fourth-order valence-electron chi connectivity index (χ4n) is 2.45. The van der Waals surface area contributed by atoms with Crippen molar-refractivity contribution < 1.29 is 9.59 Å². The molecular formula is C15H10O2. The molecule has 2 nitrogen and oxygen atoms in total. The predicted octanol–water partition coefficient (Wildman–Crippen LogP) is 2.88. The smallest absolute Gasteiger partial charge is 0.150 e. The molecule has 0 saturated carbocycles. The van der Waals surface area contributed by atoms with Crippen LogP contribution in [-0.2, 0) is 6.42 Å². The minimum Gasteiger partial charge on any atom is -0.298 e. The Morgan fingerprint density at radius 3 is 2.59 bits per heavy atom. The van der Waals surface area contributed by atoms with Crippen molar-refractivity contribution in [2.45, 2.75) is 6.42 Å². The summed E-state index contributed by atoms with van der Waals surface area (Å²) in [6.07, 6.45) is 2.48. The lowest BCUT2D eigenvalue weighted by molar-refractivity contribution is 0.111. The van der Waals surface area contributed by atoms with Gasteiger partial charge in [0, 0.05) is 11.1 Å². The van der Waals surface area contributed by atoms with E-state index in [0.29, 0.717) is 5.56 Å². The van der Waals surface area contributed by atoms with E-state index in [-0.39, 0.29) is 0 Å². The van der Waals surface area contributed by atoms with E-state index < -0.39 is 0 Å². The minimum absolute atomic E-state index is 0.684. The highest BCUT2D eigenvalue weighted by Crippen LogP contribution is 2.38. The number of carbonyl (C=O) groups excluding carboxylic acids is 2. The van der Waals surface area contributed by atoms with E-state index in [0.717, 1.165) is 46.8 Å². The third kappa shape index (κ3) is 1.41. The van der Waals surface area contributed by atoms with Gasteiger partial charge in [-0.3, -0.25) is 9.59 Å². The molecule has 0 unspecified atom stereocenters. The van der Waals surface area contributed by atoms with Crippen LogP contribution < -0.4 is 0 Å². The van der Waals surface area contributed by atoms with Gasteiger partial charge in [0.25, 0.3) is 0 Å². The van der Waals surface area contributed by atoms with Crippen molar-refractivity contribution >= 4 is 12.6 Å². The van der Waals surface area contributed by atoms with Gasteiger partial charge >= 0.3 is 0 Å². The summed E-state index contributed by atoms with van der Waals surface area (Å²) in [5.41, 5.74) is 5.87. The summed E-state index contributed by atoms with van der Waals surface area (Å²) in [5, 5.41) is 0. The minimum atomic E-state index is 0.684. The van der Waals surface area contributed by atoms with Crippen molar-refractivity contribution in [3.05, 3.63) is 58.7 Å². The molecule has 3 rings (SSSR count). The topological polar surface area (TPSA) is 34.1 Å². The number of hydrogen-bond acceptors (Lipinski definition) is 2. The van der Waals surface area contributed by atoms with Crippen LogP contribution >= 0.6 is 0 Å². The van der Waals surface area contributed by atoms with E-state index in [1.807, 2.05) is 36.4 Å². The number of benzene rings is 2. The zero-order valence-electron chi connectivity index (χ0n) is 9.14. The van der Waals surface area contributed by atoms with E-state index >= 15 is 0 Å². The molecule has 0 amide bonds. The van der Waals surface area contributed by atoms with Crippen LogP contribution in [-0.4, -0.2) is 12.6 Å². The molecule has 0 spiro atoms. The SMILES string of the molecule is O=Cc1ccc2c(c1)Cc1c(C=O)cccc1-2. The van der Waals surface area contributed by atoms with Crippen molar-refractivity contribution in [3.63, 3.8) is 0 Å². The third-order valence-corrected chi connectivity index (χ3v) is 3.26. The summed E-state index contributed by atoms with van der Waals surface area (Å²) in [5.74, 6) is 0. The highest BCUT2D eigenvalue weighted by atomic mass is 16.1. The fraction of sp³-hybridized carbons (Fsp3) is 0.0667. The van der Waals surface area contributed by atoms with Gasteiger partial charge in [-0.05, 0) is 34.7 Å². The number of fused-ring (bicyclic) bond motifs is 3. The zero-order valence-corrected chi connectivity index (χ0v) is 9.14. The average Bonchev–Trinajstić information content (AvgIpc) is 2.75. The van der Waals surface area contributed by atoms with Crippen LogP contribution in [0.3, 0.4) is 0 Å². The monoisotopic (exact) mass is 222 g/mol. The largest absolute Gasteiger partial charge is 0.298 e. The van der Waals surface area contributed by atoms with E-state index in [2.05, 4.69) is 0 Å². The second kappa shape index (κ2) is 3.67. The first-order chi connectivity index (χ1) is 8.33. The molecule has 0 N–H and O–H groups in total. The Kier molecular flexibility index (Phi) is 2.15. The Balaban J connectivity index is 2.23. The first-order valence-corrected chi connectivity index (χ1v) is 5.49. The normalized spacial score (nSPS) is 11.8. The molecule has 17 heavy (non-hydrogen) atoms. The standard InChI is InChI=1S/C15H10O2/c16-8-10-4-5-13-12(6-10)7-15-11(9-17)2-1-3-14(13)15/h1-6,8-9H,7H2. The molecule has 0 saturated heterocycles. The highest BCUT2D eigenvalue weighted by Gasteiger charge is 2.20. The third-order valence-electron chi connectivity index (χ3n) is 3.26. The molecule has 0 fully saturated rings. The van der Waals surface area contributed by atoms with Gasteiger partial charge in [-0.25, -0.2) is 0 Å². The van der Waals surface area contributed by atoms with Crippen LogP contribution in [0.5, 0.6) is 0 Å². The molecule has 0 bridgehead atoms. The lowest BCUT2D eigenvalue weighted by Gasteiger charge is -2.02. The van der Waals surface area contributed by atoms with Crippen LogP contribution in [0.25, 0.3) is 11.1 Å². The van der Waals surface area contributed by atoms with Gasteiger partial charge in [0.2, 0.25) is 0 Å². The Labute approximate surface area is 98.9 Å². The predicted molar refractivity (Wildman–Crippen MR) is 65.5 cm³/mol. The van der Waals surface area contributed by atoms with E-state index in [9.17, 15) is 9.59 Å². The number of aldehydes is 2. The van der Waals surface area contributed by atoms with Gasteiger partial charge < -0.3 is 0 Å². The zero-order chi connectivity index (χ0) is 11.8. The van der Waals surface area contributed by atoms with Crippen LogP contribution in [0.1, 0.15) is 31.8 Å². The fourth-order valence-corrected chi connectivity index (χ4v) is 2.45. The number of carbonyl (C=O) groups is 2. The molecule has 2 aromatic carbocycles. The van der Waals surface area contributed by atoms with Crippen molar-refractivity contribution in [3.8, 4) is 11.1 Å². The van der Waals surface area contributed by atoms with Crippen LogP contribution in [0.15, 0.2) is 36.4 Å². The van der Waals surface area contributed by atoms with Gasteiger partial charge in [0.15, 0.2) is 0 Å². The molecule has 82 valence electrons. The van der Waals surface area contributed by atoms with Crippen molar-refractivity contribution in [2.24, 2.45) is 0 Å². The lowest BCUT2D eigenvalue weighted by atomic mass is 10.0. The van der Waals surface area contributed by atoms with Crippen molar-refractivity contribution in [1.82, 2.24) is 0 Å². The van der Waals surface area contributed by atoms with Crippen LogP contribution in [0.2, 0.25) is 0 Å². The molecule has 1 aliphatic rings. The van der Waals surface area contributed by atoms with Gasteiger partial charge in [-0.15, -0.1) is 0 Å². The summed E-state index contributed by atoms with van der Waals surface area (Å²) >= 11 is 0. The van der Waals surface area contributed by atoms with Gasteiger partial charge in [-0.1, -0.05) is 30.3 Å². The molecule has 1 aliphatic carbocycles. The van der Waals surface area contributed by atoms with E-state index in [1.54, 1.807) is 0 Å². The molecule has 2 heteroatoms. The first kappa shape index (κ1) is 9.97. The first-order valence-electron chi connectivity index (χ1n) is 5.49. The maximum absolute atomic E-state index is 11.0. The maximum Gasteiger partial charge on any atom is 0.150 e. The second-order valence-corrected chi connectivity index (χ2v) is 4.20.